The summed E-state index contributed by atoms with van der Waals surface area (Å²) in [6.45, 7) is 5.65. The third-order valence-electron chi connectivity index (χ3n) is 6.90. The second-order valence-corrected chi connectivity index (χ2v) is 9.26. The summed E-state index contributed by atoms with van der Waals surface area (Å²) in [7, 11) is 0. The first-order valence-corrected chi connectivity index (χ1v) is 12.6. The van der Waals surface area contributed by atoms with Gasteiger partial charge in [-0.05, 0) is 49.4 Å². The molecule has 3 aromatic rings. The molecule has 1 fully saturated rings. The molecule has 0 spiro atoms. The zero-order valence-electron chi connectivity index (χ0n) is 20.6. The third-order valence-corrected chi connectivity index (χ3v) is 6.90. The Labute approximate surface area is 208 Å². The monoisotopic (exact) mass is 469 g/mol. The van der Waals surface area contributed by atoms with Crippen LogP contribution in [0.3, 0.4) is 0 Å². The molecule has 35 heavy (non-hydrogen) atoms. The summed E-state index contributed by atoms with van der Waals surface area (Å²) in [5, 5.41) is 6.42. The third kappa shape index (κ3) is 6.10. The van der Waals surface area contributed by atoms with Crippen LogP contribution in [-0.2, 0) is 4.79 Å². The molecule has 2 amide bonds. The average molecular weight is 470 g/mol. The van der Waals surface area contributed by atoms with Gasteiger partial charge >= 0.3 is 0 Å². The van der Waals surface area contributed by atoms with Crippen molar-refractivity contribution in [2.75, 3.05) is 18.0 Å². The summed E-state index contributed by atoms with van der Waals surface area (Å²) in [6.07, 6.45) is 2.49. The largest absolute Gasteiger partial charge is 0.371 e. The molecule has 182 valence electrons. The molecule has 0 aliphatic carbocycles. The molecule has 0 radical (unpaired) electrons. The van der Waals surface area contributed by atoms with E-state index in [4.69, 9.17) is 0 Å². The number of hydrogen-bond acceptors (Lipinski definition) is 3. The van der Waals surface area contributed by atoms with E-state index in [1.807, 2.05) is 91.9 Å². The van der Waals surface area contributed by atoms with E-state index in [1.54, 1.807) is 0 Å². The molecule has 0 saturated carbocycles. The van der Waals surface area contributed by atoms with Crippen LogP contribution in [0.1, 0.15) is 66.6 Å². The average Bonchev–Trinajstić information content (AvgIpc) is 2.90. The summed E-state index contributed by atoms with van der Waals surface area (Å²) in [6, 6.07) is 27.9. The maximum absolute atomic E-state index is 13.1. The molecule has 1 heterocycles. The zero-order valence-corrected chi connectivity index (χ0v) is 20.6. The molecule has 2 atom stereocenters. The van der Waals surface area contributed by atoms with Crippen molar-refractivity contribution in [3.8, 4) is 0 Å². The van der Waals surface area contributed by atoms with E-state index >= 15 is 0 Å². The van der Waals surface area contributed by atoms with E-state index in [-0.39, 0.29) is 29.8 Å². The lowest BCUT2D eigenvalue weighted by Gasteiger charge is -2.35. The number of para-hydroxylation sites is 1. The van der Waals surface area contributed by atoms with Gasteiger partial charge in [-0.25, -0.2) is 0 Å². The van der Waals surface area contributed by atoms with E-state index in [9.17, 15) is 9.59 Å². The first-order valence-electron chi connectivity index (χ1n) is 12.6. The van der Waals surface area contributed by atoms with Crippen LogP contribution in [0, 0.1) is 0 Å². The first kappa shape index (κ1) is 24.5. The predicted octanol–water partition coefficient (Wildman–Crippen LogP) is 5.46. The van der Waals surface area contributed by atoms with Crippen LogP contribution in [0.5, 0.6) is 0 Å². The van der Waals surface area contributed by atoms with Crippen molar-refractivity contribution in [1.29, 1.82) is 0 Å². The van der Waals surface area contributed by atoms with E-state index in [2.05, 4.69) is 22.5 Å². The minimum absolute atomic E-state index is 0.0685. The minimum Gasteiger partial charge on any atom is -0.371 e. The molecule has 5 heteroatoms. The van der Waals surface area contributed by atoms with Crippen molar-refractivity contribution >= 4 is 17.5 Å². The molecule has 1 aliphatic rings. The molecule has 3 aromatic carbocycles. The fourth-order valence-corrected chi connectivity index (χ4v) is 4.87. The maximum Gasteiger partial charge on any atom is 0.253 e. The molecular weight excluding hydrogens is 434 g/mol. The number of nitrogens with zero attached hydrogens (tertiary/aromatic N) is 1. The topological polar surface area (TPSA) is 61.4 Å². The van der Waals surface area contributed by atoms with Gasteiger partial charge in [0, 0.05) is 24.8 Å². The normalized spacial score (nSPS) is 15.8. The van der Waals surface area contributed by atoms with Gasteiger partial charge in [0.1, 0.15) is 0 Å². The van der Waals surface area contributed by atoms with Crippen LogP contribution in [0.2, 0.25) is 0 Å². The lowest BCUT2D eigenvalue weighted by atomic mass is 9.94. The zero-order chi connectivity index (χ0) is 24.6. The van der Waals surface area contributed by atoms with Crippen molar-refractivity contribution < 1.29 is 9.59 Å². The number of carbonyl (C=O) groups is 2. The molecular formula is C30H35N3O2. The van der Waals surface area contributed by atoms with Crippen LogP contribution in [0.4, 0.5) is 5.69 Å². The Morgan fingerprint density at radius 3 is 2.06 bits per heavy atom. The van der Waals surface area contributed by atoms with Crippen molar-refractivity contribution in [2.24, 2.45) is 0 Å². The highest BCUT2D eigenvalue weighted by molar-refractivity contribution is 6.00. The fourth-order valence-electron chi connectivity index (χ4n) is 4.87. The molecule has 1 aliphatic heterocycles. The Morgan fingerprint density at radius 1 is 0.857 bits per heavy atom. The summed E-state index contributed by atoms with van der Waals surface area (Å²) in [5.74, 6) is -0.0851. The SMILES string of the molecule is CC[C@@H](C(=O)NC1CCN(c2ccccc2C(=O)N[C@H](C)c2ccccc2)CC1)c1ccccc1. The van der Waals surface area contributed by atoms with E-state index in [0.717, 1.165) is 49.2 Å². The van der Waals surface area contributed by atoms with E-state index in [1.165, 1.54) is 0 Å². The van der Waals surface area contributed by atoms with E-state index in [0.29, 0.717) is 5.56 Å². The van der Waals surface area contributed by atoms with Crippen molar-refractivity contribution in [3.63, 3.8) is 0 Å². The molecule has 4 rings (SSSR count). The second-order valence-electron chi connectivity index (χ2n) is 9.26. The van der Waals surface area contributed by atoms with Gasteiger partial charge in [-0.1, -0.05) is 79.7 Å². The van der Waals surface area contributed by atoms with Gasteiger partial charge in [-0.2, -0.15) is 0 Å². The molecule has 5 nitrogen and oxygen atoms in total. The Morgan fingerprint density at radius 2 is 1.43 bits per heavy atom. The summed E-state index contributed by atoms with van der Waals surface area (Å²) < 4.78 is 0. The number of rotatable bonds is 8. The molecule has 0 unspecified atom stereocenters. The maximum atomic E-state index is 13.1. The van der Waals surface area contributed by atoms with Crippen LogP contribution >= 0.6 is 0 Å². The number of hydrogen-bond donors (Lipinski definition) is 2. The van der Waals surface area contributed by atoms with Gasteiger partial charge in [-0.15, -0.1) is 0 Å². The summed E-state index contributed by atoms with van der Waals surface area (Å²) in [4.78, 5) is 28.4. The standard InChI is InChI=1S/C30H35N3O2/c1-3-26(24-14-8-5-9-15-24)29(34)32-25-18-20-33(21-19-25)28-17-11-10-16-27(28)30(35)31-22(2)23-12-6-4-7-13-23/h4-17,22,25-26H,3,18-21H2,1-2H3,(H,31,35)(H,32,34)/t22-,26-/m1/s1. The molecule has 0 bridgehead atoms. The summed E-state index contributed by atoms with van der Waals surface area (Å²) >= 11 is 0. The van der Waals surface area contributed by atoms with Gasteiger partial charge < -0.3 is 15.5 Å². The van der Waals surface area contributed by atoms with Gasteiger partial charge in [0.2, 0.25) is 5.91 Å². The van der Waals surface area contributed by atoms with Crippen molar-refractivity contribution in [1.82, 2.24) is 10.6 Å². The number of carbonyl (C=O) groups excluding carboxylic acids is 2. The number of benzene rings is 3. The minimum atomic E-state index is -0.120. The lowest BCUT2D eigenvalue weighted by Crippen LogP contribution is -2.46. The Balaban J connectivity index is 1.36. The number of nitrogens with one attached hydrogen (secondary N) is 2. The highest BCUT2D eigenvalue weighted by Gasteiger charge is 2.26. The molecule has 2 N–H and O–H groups in total. The number of anilines is 1. The number of amides is 2. The van der Waals surface area contributed by atoms with Gasteiger partial charge in [-0.3, -0.25) is 9.59 Å². The van der Waals surface area contributed by atoms with Crippen molar-refractivity contribution in [3.05, 3.63) is 102 Å². The lowest BCUT2D eigenvalue weighted by molar-refractivity contribution is -0.123. The summed E-state index contributed by atoms with van der Waals surface area (Å²) in [5.41, 5.74) is 3.78. The first-order chi connectivity index (χ1) is 17.1. The van der Waals surface area contributed by atoms with Crippen LogP contribution in [0.25, 0.3) is 0 Å². The van der Waals surface area contributed by atoms with E-state index < -0.39 is 0 Å². The van der Waals surface area contributed by atoms with Crippen LogP contribution in [-0.4, -0.2) is 30.9 Å². The quantitative estimate of drug-likeness (QED) is 0.461. The van der Waals surface area contributed by atoms with Crippen LogP contribution in [0.15, 0.2) is 84.9 Å². The van der Waals surface area contributed by atoms with Gasteiger partial charge in [0.15, 0.2) is 0 Å². The highest BCUT2D eigenvalue weighted by Crippen LogP contribution is 2.26. The predicted molar refractivity (Wildman–Crippen MR) is 142 cm³/mol. The second kappa shape index (κ2) is 11.7. The Kier molecular flexibility index (Phi) is 8.19. The van der Waals surface area contributed by atoms with Gasteiger partial charge in [0.05, 0.1) is 17.5 Å². The molecule has 0 aromatic heterocycles. The smallest absolute Gasteiger partial charge is 0.253 e. The highest BCUT2D eigenvalue weighted by atomic mass is 16.2. The van der Waals surface area contributed by atoms with Gasteiger partial charge in [0.25, 0.3) is 5.91 Å². The Bertz CT molecular complexity index is 1110. The fraction of sp³-hybridized carbons (Fsp3) is 0.333. The van der Waals surface area contributed by atoms with Crippen LogP contribution < -0.4 is 15.5 Å². The molecule has 1 saturated heterocycles. The Hall–Kier alpha value is -3.60. The van der Waals surface area contributed by atoms with Crippen molar-refractivity contribution in [2.45, 2.75) is 51.1 Å². The number of piperidine rings is 1.